The van der Waals surface area contributed by atoms with Crippen LogP contribution in [0.2, 0.25) is 0 Å². The van der Waals surface area contributed by atoms with Crippen molar-refractivity contribution in [3.8, 4) is 0 Å². The van der Waals surface area contributed by atoms with E-state index in [2.05, 4.69) is 5.32 Å². The molecule has 2 fully saturated rings. The van der Waals surface area contributed by atoms with Gasteiger partial charge in [-0.05, 0) is 68.4 Å². The lowest BCUT2D eigenvalue weighted by Crippen LogP contribution is -2.74. The number of hydrogen-bond donors (Lipinski definition) is 1. The standard InChI is InChI=1S/C27H33FN2O3/c1-20-16-23(28)17-21(2)25(20)29-26(32)27(12-9-13-27)30(14-7-4-8-15-30)18-24(31)33-19-22-10-5-3-6-11-22/h3,5-6,10-11,16-17H,4,7-9,12-15,18-19H2,1-2H3/p+1. The number of carbonyl (C=O) groups excluding carboxylic acids is 2. The summed E-state index contributed by atoms with van der Waals surface area (Å²) >= 11 is 0. The van der Waals surface area contributed by atoms with Crippen molar-refractivity contribution >= 4 is 17.6 Å². The molecule has 1 aliphatic carbocycles. The second kappa shape index (κ2) is 9.64. The van der Waals surface area contributed by atoms with Crippen molar-refractivity contribution in [2.24, 2.45) is 0 Å². The number of amides is 1. The van der Waals surface area contributed by atoms with Gasteiger partial charge in [-0.15, -0.1) is 0 Å². The Morgan fingerprint density at radius 3 is 2.21 bits per heavy atom. The molecule has 1 N–H and O–H groups in total. The van der Waals surface area contributed by atoms with Gasteiger partial charge in [0, 0.05) is 18.5 Å². The molecule has 0 bridgehead atoms. The summed E-state index contributed by atoms with van der Waals surface area (Å²) in [5.74, 6) is -0.611. The van der Waals surface area contributed by atoms with E-state index in [1.54, 1.807) is 0 Å². The van der Waals surface area contributed by atoms with Crippen molar-refractivity contribution in [2.75, 3.05) is 25.0 Å². The summed E-state index contributed by atoms with van der Waals surface area (Å²) in [6, 6.07) is 12.6. The van der Waals surface area contributed by atoms with Crippen LogP contribution in [0.25, 0.3) is 0 Å². The Morgan fingerprint density at radius 2 is 1.64 bits per heavy atom. The monoisotopic (exact) mass is 453 g/mol. The van der Waals surface area contributed by atoms with E-state index in [1.807, 2.05) is 44.2 Å². The molecule has 0 atom stereocenters. The minimum atomic E-state index is -0.639. The van der Waals surface area contributed by atoms with Crippen molar-refractivity contribution in [1.82, 2.24) is 0 Å². The minimum Gasteiger partial charge on any atom is -0.457 e. The number of quaternary nitrogens is 1. The average molecular weight is 454 g/mol. The van der Waals surface area contributed by atoms with Gasteiger partial charge in [-0.1, -0.05) is 30.3 Å². The van der Waals surface area contributed by atoms with Crippen LogP contribution in [0.3, 0.4) is 0 Å². The zero-order valence-corrected chi connectivity index (χ0v) is 19.7. The fourth-order valence-corrected chi connectivity index (χ4v) is 5.65. The molecule has 0 spiro atoms. The Balaban J connectivity index is 1.55. The summed E-state index contributed by atoms with van der Waals surface area (Å²) in [6.45, 7) is 5.68. The van der Waals surface area contributed by atoms with Crippen LogP contribution in [-0.2, 0) is 20.9 Å². The first-order valence-electron chi connectivity index (χ1n) is 12.0. The smallest absolute Gasteiger partial charge is 0.362 e. The molecule has 5 nitrogen and oxygen atoms in total. The molecule has 1 saturated carbocycles. The largest absolute Gasteiger partial charge is 0.457 e. The summed E-state index contributed by atoms with van der Waals surface area (Å²) in [5.41, 5.74) is 2.41. The Bertz CT molecular complexity index is 988. The third kappa shape index (κ3) is 4.67. The van der Waals surface area contributed by atoms with Crippen molar-refractivity contribution in [3.63, 3.8) is 0 Å². The van der Waals surface area contributed by atoms with Crippen LogP contribution in [0.4, 0.5) is 10.1 Å². The predicted molar refractivity (Wildman–Crippen MR) is 126 cm³/mol. The molecule has 1 saturated heterocycles. The minimum absolute atomic E-state index is 0.0516. The lowest BCUT2D eigenvalue weighted by atomic mass is 9.71. The van der Waals surface area contributed by atoms with Crippen molar-refractivity contribution in [2.45, 2.75) is 64.5 Å². The van der Waals surface area contributed by atoms with Crippen LogP contribution in [0, 0.1) is 19.7 Å². The van der Waals surface area contributed by atoms with Gasteiger partial charge in [-0.3, -0.25) is 4.79 Å². The molecule has 2 aromatic carbocycles. The van der Waals surface area contributed by atoms with E-state index >= 15 is 0 Å². The fourth-order valence-electron chi connectivity index (χ4n) is 5.65. The third-order valence-electron chi connectivity index (χ3n) is 7.59. The van der Waals surface area contributed by atoms with Gasteiger partial charge < -0.3 is 14.5 Å². The first-order valence-corrected chi connectivity index (χ1v) is 12.0. The van der Waals surface area contributed by atoms with E-state index < -0.39 is 5.54 Å². The molecule has 1 heterocycles. The number of rotatable bonds is 7. The molecule has 2 aromatic rings. The number of halogens is 1. The van der Waals surface area contributed by atoms with E-state index in [0.717, 1.165) is 57.2 Å². The molecule has 0 radical (unpaired) electrons. The second-order valence-electron chi connectivity index (χ2n) is 9.71. The lowest BCUT2D eigenvalue weighted by Gasteiger charge is -2.57. The number of nitrogens with one attached hydrogen (secondary N) is 1. The van der Waals surface area contributed by atoms with Crippen LogP contribution in [-0.4, -0.2) is 41.5 Å². The van der Waals surface area contributed by atoms with Gasteiger partial charge in [0.1, 0.15) is 12.4 Å². The highest BCUT2D eigenvalue weighted by Gasteiger charge is 2.61. The number of likely N-dealkylation sites (tertiary alicyclic amines) is 1. The quantitative estimate of drug-likeness (QED) is 0.472. The maximum absolute atomic E-state index is 13.8. The summed E-state index contributed by atoms with van der Waals surface area (Å²) in [7, 11) is 0. The van der Waals surface area contributed by atoms with Crippen LogP contribution >= 0.6 is 0 Å². The second-order valence-corrected chi connectivity index (χ2v) is 9.71. The number of anilines is 1. The van der Waals surface area contributed by atoms with Gasteiger partial charge in [0.15, 0.2) is 12.1 Å². The van der Waals surface area contributed by atoms with Gasteiger partial charge in [0.25, 0.3) is 5.91 Å². The SMILES string of the molecule is Cc1cc(F)cc(C)c1NC(=O)C1([N+]2(CC(=O)OCc3ccccc3)CCCCC2)CCC1. The highest BCUT2D eigenvalue weighted by atomic mass is 19.1. The molecule has 6 heteroatoms. The number of aryl methyl sites for hydroxylation is 2. The topological polar surface area (TPSA) is 55.4 Å². The Hall–Kier alpha value is -2.73. The first-order chi connectivity index (χ1) is 15.9. The number of piperidine rings is 1. The molecule has 1 aliphatic heterocycles. The lowest BCUT2D eigenvalue weighted by molar-refractivity contribution is -0.970. The van der Waals surface area contributed by atoms with Crippen LogP contribution in [0.1, 0.15) is 55.2 Å². The number of ether oxygens (including phenoxy) is 1. The van der Waals surface area contributed by atoms with Crippen LogP contribution in [0.15, 0.2) is 42.5 Å². The molecule has 0 aromatic heterocycles. The highest BCUT2D eigenvalue weighted by Crippen LogP contribution is 2.46. The average Bonchev–Trinajstić information content (AvgIpc) is 2.75. The maximum atomic E-state index is 13.8. The van der Waals surface area contributed by atoms with Gasteiger partial charge in [0.2, 0.25) is 0 Å². The molecular formula is C27H34FN2O3+. The Kier molecular flexibility index (Phi) is 6.84. The Morgan fingerprint density at radius 1 is 1.00 bits per heavy atom. The fraction of sp³-hybridized carbons (Fsp3) is 0.481. The number of nitrogens with zero attached hydrogens (tertiary/aromatic N) is 1. The first kappa shape index (κ1) is 23.4. The van der Waals surface area contributed by atoms with Crippen molar-refractivity contribution < 1.29 is 23.2 Å². The van der Waals surface area contributed by atoms with E-state index in [-0.39, 0.29) is 30.8 Å². The van der Waals surface area contributed by atoms with Gasteiger partial charge in [0.05, 0.1) is 13.1 Å². The van der Waals surface area contributed by atoms with E-state index in [0.29, 0.717) is 21.3 Å². The summed E-state index contributed by atoms with van der Waals surface area (Å²) in [4.78, 5) is 26.8. The summed E-state index contributed by atoms with van der Waals surface area (Å²) < 4.78 is 19.9. The van der Waals surface area contributed by atoms with E-state index in [9.17, 15) is 14.0 Å². The van der Waals surface area contributed by atoms with Crippen molar-refractivity contribution in [3.05, 3.63) is 65.0 Å². The molecule has 0 unspecified atom stereocenters. The van der Waals surface area contributed by atoms with Crippen LogP contribution in [0.5, 0.6) is 0 Å². The Labute approximate surface area is 195 Å². The zero-order chi connectivity index (χ0) is 23.5. The van der Waals surface area contributed by atoms with Crippen molar-refractivity contribution in [1.29, 1.82) is 0 Å². The summed E-state index contributed by atoms with van der Waals surface area (Å²) in [6.07, 6.45) is 5.58. The predicted octanol–water partition coefficient (Wildman–Crippen LogP) is 5.05. The number of hydrogen-bond acceptors (Lipinski definition) is 3. The molecule has 33 heavy (non-hydrogen) atoms. The highest BCUT2D eigenvalue weighted by molar-refractivity contribution is 5.99. The van der Waals surface area contributed by atoms with Gasteiger partial charge >= 0.3 is 5.97 Å². The number of carbonyl (C=O) groups is 2. The van der Waals surface area contributed by atoms with Crippen LogP contribution < -0.4 is 5.32 Å². The summed E-state index contributed by atoms with van der Waals surface area (Å²) in [5, 5.41) is 3.13. The van der Waals surface area contributed by atoms with E-state index in [4.69, 9.17) is 4.74 Å². The number of benzene rings is 2. The zero-order valence-electron chi connectivity index (χ0n) is 19.7. The molecular weight excluding hydrogens is 419 g/mol. The van der Waals surface area contributed by atoms with Gasteiger partial charge in [-0.2, -0.15) is 0 Å². The molecule has 176 valence electrons. The number of esters is 1. The van der Waals surface area contributed by atoms with E-state index in [1.165, 1.54) is 12.1 Å². The molecule has 4 rings (SSSR count). The third-order valence-corrected chi connectivity index (χ3v) is 7.59. The normalized spacial score (nSPS) is 18.8. The molecule has 1 amide bonds. The molecule has 2 aliphatic rings. The maximum Gasteiger partial charge on any atom is 0.362 e. The van der Waals surface area contributed by atoms with Gasteiger partial charge in [-0.25, -0.2) is 9.18 Å².